The second-order valence-corrected chi connectivity index (χ2v) is 9.72. The SMILES string of the molecule is CCC(C)C(N)C(=O)NC(CCCCN)C(=O)NC(Cc1ccc(O)cc1)C(=O)N1CCCC1C(=O)O. The van der Waals surface area contributed by atoms with Gasteiger partial charge in [0, 0.05) is 13.0 Å². The summed E-state index contributed by atoms with van der Waals surface area (Å²) in [6.45, 7) is 4.49. The van der Waals surface area contributed by atoms with Gasteiger partial charge in [-0.3, -0.25) is 14.4 Å². The smallest absolute Gasteiger partial charge is 0.326 e. The lowest BCUT2D eigenvalue weighted by molar-refractivity contribution is -0.149. The predicted octanol–water partition coefficient (Wildman–Crippen LogP) is 0.482. The van der Waals surface area contributed by atoms with Crippen molar-refractivity contribution in [2.24, 2.45) is 17.4 Å². The monoisotopic (exact) mass is 519 g/mol. The minimum Gasteiger partial charge on any atom is -0.508 e. The molecule has 206 valence electrons. The van der Waals surface area contributed by atoms with E-state index >= 15 is 0 Å². The number of amides is 3. The number of carbonyl (C=O) groups is 4. The number of benzene rings is 1. The summed E-state index contributed by atoms with van der Waals surface area (Å²) in [5.41, 5.74) is 12.3. The molecule has 3 amide bonds. The van der Waals surface area contributed by atoms with Crippen LogP contribution in [0.15, 0.2) is 24.3 Å². The van der Waals surface area contributed by atoms with E-state index < -0.39 is 47.9 Å². The first-order valence-corrected chi connectivity index (χ1v) is 13.0. The van der Waals surface area contributed by atoms with Crippen molar-refractivity contribution in [1.29, 1.82) is 0 Å². The first kappa shape index (κ1) is 30.0. The summed E-state index contributed by atoms with van der Waals surface area (Å²) < 4.78 is 0. The van der Waals surface area contributed by atoms with Crippen LogP contribution in [0.25, 0.3) is 0 Å². The van der Waals surface area contributed by atoms with Crippen LogP contribution in [-0.4, -0.2) is 76.1 Å². The van der Waals surface area contributed by atoms with Gasteiger partial charge in [-0.2, -0.15) is 0 Å². The van der Waals surface area contributed by atoms with Crippen molar-refractivity contribution in [1.82, 2.24) is 15.5 Å². The van der Waals surface area contributed by atoms with Crippen molar-refractivity contribution in [3.63, 3.8) is 0 Å². The van der Waals surface area contributed by atoms with E-state index in [2.05, 4.69) is 10.6 Å². The fourth-order valence-corrected chi connectivity index (χ4v) is 4.37. The highest BCUT2D eigenvalue weighted by Crippen LogP contribution is 2.20. The van der Waals surface area contributed by atoms with Gasteiger partial charge in [0.2, 0.25) is 17.7 Å². The number of carboxylic acids is 1. The van der Waals surface area contributed by atoms with Crippen molar-refractivity contribution in [3.05, 3.63) is 29.8 Å². The molecular formula is C26H41N5O6. The summed E-state index contributed by atoms with van der Waals surface area (Å²) in [6, 6.07) is 2.47. The van der Waals surface area contributed by atoms with Crippen LogP contribution >= 0.6 is 0 Å². The molecule has 1 aromatic rings. The van der Waals surface area contributed by atoms with Gasteiger partial charge >= 0.3 is 5.97 Å². The number of likely N-dealkylation sites (tertiary alicyclic amines) is 1. The number of rotatable bonds is 14. The standard InChI is InChI=1S/C26H41N5O6/c1-3-16(2)22(28)24(34)29-19(7-4-5-13-27)23(33)30-20(15-17-9-11-18(32)12-10-17)25(35)31-14-6-8-21(31)26(36)37/h9-12,16,19-22,32H,3-8,13-15,27-28H2,1-2H3,(H,29,34)(H,30,33)(H,36,37). The molecule has 5 unspecified atom stereocenters. The number of nitrogens with zero attached hydrogens (tertiary/aromatic N) is 1. The minimum atomic E-state index is -1.09. The number of hydrogen-bond acceptors (Lipinski definition) is 7. The Hall–Kier alpha value is -3.18. The Kier molecular flexibility index (Phi) is 11.8. The molecule has 1 saturated heterocycles. The Morgan fingerprint density at radius 3 is 2.32 bits per heavy atom. The Morgan fingerprint density at radius 1 is 1.08 bits per heavy atom. The van der Waals surface area contributed by atoms with Crippen LogP contribution < -0.4 is 22.1 Å². The molecule has 1 aliphatic heterocycles. The number of phenols is 1. The fourth-order valence-electron chi connectivity index (χ4n) is 4.37. The number of carbonyl (C=O) groups excluding carboxylic acids is 3. The summed E-state index contributed by atoms with van der Waals surface area (Å²) in [6.07, 6.45) is 3.22. The molecule has 11 heteroatoms. The molecule has 11 nitrogen and oxygen atoms in total. The third-order valence-electron chi connectivity index (χ3n) is 6.95. The molecule has 1 aliphatic rings. The lowest BCUT2D eigenvalue weighted by Crippen LogP contribution is -2.58. The molecule has 0 aliphatic carbocycles. The highest BCUT2D eigenvalue weighted by Gasteiger charge is 2.38. The van der Waals surface area contributed by atoms with E-state index in [1.54, 1.807) is 12.1 Å². The Bertz CT molecular complexity index is 925. The van der Waals surface area contributed by atoms with Gasteiger partial charge in [-0.25, -0.2) is 4.79 Å². The highest BCUT2D eigenvalue weighted by atomic mass is 16.4. The summed E-state index contributed by atoms with van der Waals surface area (Å²) in [4.78, 5) is 52.6. The maximum absolute atomic E-state index is 13.5. The fraction of sp³-hybridized carbons (Fsp3) is 0.615. The zero-order chi connectivity index (χ0) is 27.5. The maximum atomic E-state index is 13.5. The normalized spacial score (nSPS) is 18.5. The molecule has 0 saturated carbocycles. The molecule has 0 radical (unpaired) electrons. The van der Waals surface area contributed by atoms with Crippen molar-refractivity contribution < 1.29 is 29.4 Å². The molecule has 37 heavy (non-hydrogen) atoms. The molecule has 0 bridgehead atoms. The van der Waals surface area contributed by atoms with E-state index in [1.165, 1.54) is 17.0 Å². The molecule has 5 atom stereocenters. The van der Waals surface area contributed by atoms with Crippen LogP contribution in [0, 0.1) is 5.92 Å². The minimum absolute atomic E-state index is 0.0569. The summed E-state index contributed by atoms with van der Waals surface area (Å²) in [5.74, 6) is -2.62. The van der Waals surface area contributed by atoms with Crippen molar-refractivity contribution in [2.45, 2.75) is 83.0 Å². The highest BCUT2D eigenvalue weighted by molar-refractivity contribution is 5.94. The van der Waals surface area contributed by atoms with E-state index in [0.29, 0.717) is 50.6 Å². The summed E-state index contributed by atoms with van der Waals surface area (Å²) in [5, 5.41) is 24.7. The van der Waals surface area contributed by atoms with E-state index in [9.17, 15) is 29.4 Å². The van der Waals surface area contributed by atoms with E-state index in [4.69, 9.17) is 11.5 Å². The van der Waals surface area contributed by atoms with Crippen molar-refractivity contribution in [3.8, 4) is 5.75 Å². The van der Waals surface area contributed by atoms with Crippen LogP contribution in [0.4, 0.5) is 0 Å². The molecule has 1 fully saturated rings. The second-order valence-electron chi connectivity index (χ2n) is 9.72. The Labute approximate surface area is 217 Å². The topological polar surface area (TPSA) is 188 Å². The van der Waals surface area contributed by atoms with Crippen LogP contribution in [0.1, 0.15) is 57.9 Å². The summed E-state index contributed by atoms with van der Waals surface area (Å²) >= 11 is 0. The van der Waals surface area contributed by atoms with Gasteiger partial charge in [0.15, 0.2) is 0 Å². The third-order valence-corrected chi connectivity index (χ3v) is 6.95. The average molecular weight is 520 g/mol. The molecule has 0 aromatic heterocycles. The number of aliphatic carboxylic acids is 1. The first-order valence-electron chi connectivity index (χ1n) is 13.0. The number of carboxylic acid groups (broad SMARTS) is 1. The maximum Gasteiger partial charge on any atom is 0.326 e. The largest absolute Gasteiger partial charge is 0.508 e. The van der Waals surface area contributed by atoms with Crippen LogP contribution in [0.3, 0.4) is 0 Å². The molecule has 1 heterocycles. The van der Waals surface area contributed by atoms with Crippen LogP contribution in [-0.2, 0) is 25.6 Å². The molecule has 2 rings (SSSR count). The van der Waals surface area contributed by atoms with Crippen molar-refractivity contribution in [2.75, 3.05) is 13.1 Å². The lowest BCUT2D eigenvalue weighted by Gasteiger charge is -2.29. The number of hydrogen-bond donors (Lipinski definition) is 6. The quantitative estimate of drug-likeness (QED) is 0.191. The van der Waals surface area contributed by atoms with Gasteiger partial charge in [0.25, 0.3) is 0 Å². The van der Waals surface area contributed by atoms with Crippen LogP contribution in [0.5, 0.6) is 5.75 Å². The molecule has 1 aromatic carbocycles. The van der Waals surface area contributed by atoms with Crippen LogP contribution in [0.2, 0.25) is 0 Å². The number of nitrogens with two attached hydrogens (primary N) is 2. The van der Waals surface area contributed by atoms with Gasteiger partial charge in [-0.1, -0.05) is 32.4 Å². The van der Waals surface area contributed by atoms with E-state index in [1.807, 2.05) is 13.8 Å². The molecular weight excluding hydrogens is 478 g/mol. The summed E-state index contributed by atoms with van der Waals surface area (Å²) in [7, 11) is 0. The van der Waals surface area contributed by atoms with Gasteiger partial charge in [0.1, 0.15) is 23.9 Å². The van der Waals surface area contributed by atoms with E-state index in [0.717, 1.165) is 0 Å². The first-order chi connectivity index (χ1) is 17.6. The second kappa shape index (κ2) is 14.5. The number of nitrogens with one attached hydrogen (secondary N) is 2. The Morgan fingerprint density at radius 2 is 1.73 bits per heavy atom. The van der Waals surface area contributed by atoms with Crippen molar-refractivity contribution >= 4 is 23.7 Å². The predicted molar refractivity (Wildman–Crippen MR) is 138 cm³/mol. The molecule has 0 spiro atoms. The number of phenolic OH excluding ortho intramolecular Hbond substituents is 1. The van der Waals surface area contributed by atoms with Gasteiger partial charge < -0.3 is 37.2 Å². The number of unbranched alkanes of at least 4 members (excludes halogenated alkanes) is 1. The average Bonchev–Trinajstić information content (AvgIpc) is 3.38. The third kappa shape index (κ3) is 8.71. The molecule has 8 N–H and O–H groups in total. The zero-order valence-corrected chi connectivity index (χ0v) is 21.7. The lowest BCUT2D eigenvalue weighted by atomic mass is 9.98. The Balaban J connectivity index is 2.26. The van der Waals surface area contributed by atoms with Gasteiger partial charge in [-0.15, -0.1) is 0 Å². The van der Waals surface area contributed by atoms with E-state index in [-0.39, 0.29) is 24.6 Å². The van der Waals surface area contributed by atoms with Gasteiger partial charge in [-0.05, 0) is 62.3 Å². The zero-order valence-electron chi connectivity index (χ0n) is 21.7. The van der Waals surface area contributed by atoms with Gasteiger partial charge in [0.05, 0.1) is 6.04 Å². The number of aromatic hydroxyl groups is 1.